The maximum atomic E-state index is 10.1. The van der Waals surface area contributed by atoms with E-state index in [-0.39, 0.29) is 31.0 Å². The first kappa shape index (κ1) is 21.8. The summed E-state index contributed by atoms with van der Waals surface area (Å²) in [7, 11) is 0. The molecule has 0 aliphatic rings. The van der Waals surface area contributed by atoms with Gasteiger partial charge in [0.15, 0.2) is 6.10 Å². The van der Waals surface area contributed by atoms with Gasteiger partial charge in [-0.3, -0.25) is 4.66 Å². The topological polar surface area (TPSA) is 159 Å². The average molecular weight is 273 g/mol. The van der Waals surface area contributed by atoms with Crippen LogP contribution in [0, 0.1) is 0 Å². The van der Waals surface area contributed by atoms with E-state index in [1.807, 2.05) is 0 Å². The van der Waals surface area contributed by atoms with Gasteiger partial charge in [0, 0.05) is 0 Å². The van der Waals surface area contributed by atoms with Crippen molar-refractivity contribution in [3.63, 3.8) is 0 Å². The average Bonchev–Trinajstić information content (AvgIpc) is 2.27. The number of hydrogen-bond acceptors (Lipinski definition) is 7. The monoisotopic (exact) mass is 272 g/mol. The third kappa shape index (κ3) is 7.74. The molecule has 0 saturated heterocycles. The molecule has 0 rings (SSSR count). The van der Waals surface area contributed by atoms with Gasteiger partial charge in [-0.25, -0.2) is 4.79 Å². The van der Waals surface area contributed by atoms with Gasteiger partial charge in [0.2, 0.25) is 0 Å². The molecule has 10 heteroatoms. The molecule has 0 aromatic rings. The number of halogens is 1. The zero-order valence-corrected chi connectivity index (χ0v) is 11.2. The van der Waals surface area contributed by atoms with Crippen LogP contribution < -0.4 is 29.6 Å². The minimum atomic E-state index is -2.20. The summed E-state index contributed by atoms with van der Waals surface area (Å²) in [6, 6.07) is 0. The van der Waals surface area contributed by atoms with Crippen LogP contribution in [0.1, 0.15) is 1.43 Å². The van der Waals surface area contributed by atoms with Crippen molar-refractivity contribution in [2.24, 2.45) is 0 Å². The van der Waals surface area contributed by atoms with E-state index in [9.17, 15) is 4.79 Å². The van der Waals surface area contributed by atoms with Crippen LogP contribution in [0.4, 0.5) is 0 Å². The van der Waals surface area contributed by atoms with E-state index < -0.39 is 37.0 Å². The SMILES string of the molecule is O=C(O)[C@H](O)[C@@H](O)[C@H](O)[C@H](O)CO.OCl.[H-].[Na+]. The Morgan fingerprint density at radius 3 is 1.75 bits per heavy atom. The minimum Gasteiger partial charge on any atom is -1.00 e. The van der Waals surface area contributed by atoms with Gasteiger partial charge in [0.05, 0.1) is 18.5 Å². The number of carbonyl (C=O) groups is 1. The third-order valence-corrected chi connectivity index (χ3v) is 1.51. The third-order valence-electron chi connectivity index (χ3n) is 1.51. The first-order valence-electron chi connectivity index (χ1n) is 3.64. The Balaban J connectivity index is -0.000000199. The van der Waals surface area contributed by atoms with E-state index in [4.69, 9.17) is 35.3 Å². The molecule has 4 atom stereocenters. The molecule has 0 fully saturated rings. The van der Waals surface area contributed by atoms with E-state index in [0.717, 1.165) is 0 Å². The Kier molecular flexibility index (Phi) is 16.3. The van der Waals surface area contributed by atoms with Gasteiger partial charge in [-0.15, -0.1) is 0 Å². The van der Waals surface area contributed by atoms with Crippen LogP contribution in [0.3, 0.4) is 0 Å². The first-order valence-corrected chi connectivity index (χ1v) is 3.98. The molecule has 0 unspecified atom stereocenters. The van der Waals surface area contributed by atoms with Crippen LogP contribution in [0.2, 0.25) is 0 Å². The van der Waals surface area contributed by atoms with Gasteiger partial charge in [-0.1, -0.05) is 0 Å². The molecular formula is C6H14ClNaO8. The maximum absolute atomic E-state index is 10.1. The van der Waals surface area contributed by atoms with E-state index in [0.29, 0.717) is 0 Å². The Morgan fingerprint density at radius 2 is 1.50 bits per heavy atom. The van der Waals surface area contributed by atoms with E-state index in [1.165, 1.54) is 0 Å². The van der Waals surface area contributed by atoms with Gasteiger partial charge < -0.3 is 32.1 Å². The molecule has 0 aliphatic carbocycles. The second-order valence-corrected chi connectivity index (χ2v) is 2.51. The number of aliphatic hydroxyl groups excluding tert-OH is 5. The van der Waals surface area contributed by atoms with Crippen molar-refractivity contribution in [3.8, 4) is 0 Å². The summed E-state index contributed by atoms with van der Waals surface area (Å²) in [4.78, 5) is 10.1. The summed E-state index contributed by atoms with van der Waals surface area (Å²) < 4.78 is 6.47. The molecule has 0 aromatic heterocycles. The molecule has 0 amide bonds. The van der Waals surface area contributed by atoms with Crippen molar-refractivity contribution < 1.29 is 71.1 Å². The van der Waals surface area contributed by atoms with Crippen molar-refractivity contribution in [2.45, 2.75) is 24.4 Å². The van der Waals surface area contributed by atoms with Gasteiger partial charge >= 0.3 is 35.5 Å². The van der Waals surface area contributed by atoms with E-state index >= 15 is 0 Å². The van der Waals surface area contributed by atoms with Crippen molar-refractivity contribution in [3.05, 3.63) is 0 Å². The second kappa shape index (κ2) is 12.0. The van der Waals surface area contributed by atoms with Crippen molar-refractivity contribution in [1.82, 2.24) is 0 Å². The van der Waals surface area contributed by atoms with Crippen LogP contribution in [-0.2, 0) is 4.79 Å². The first-order chi connectivity index (χ1) is 6.91. The molecule has 0 saturated carbocycles. The number of aliphatic carboxylic acids is 1. The number of carboxylic acids is 1. The van der Waals surface area contributed by atoms with Crippen molar-refractivity contribution in [1.29, 1.82) is 0 Å². The van der Waals surface area contributed by atoms with Crippen LogP contribution in [0.15, 0.2) is 0 Å². The molecule has 8 nitrogen and oxygen atoms in total. The molecule has 0 heterocycles. The fraction of sp³-hybridized carbons (Fsp3) is 0.833. The fourth-order valence-corrected chi connectivity index (χ4v) is 0.668. The minimum absolute atomic E-state index is 0. The molecule has 0 spiro atoms. The molecule has 0 aromatic carbocycles. The predicted molar refractivity (Wildman–Crippen MR) is 47.9 cm³/mol. The summed E-state index contributed by atoms with van der Waals surface area (Å²) in [6.07, 6.45) is -7.84. The van der Waals surface area contributed by atoms with Crippen molar-refractivity contribution >= 4 is 17.8 Å². The molecule has 16 heavy (non-hydrogen) atoms. The summed E-state index contributed by atoms with van der Waals surface area (Å²) in [5.74, 6) is -1.73. The second-order valence-electron chi connectivity index (χ2n) is 2.51. The van der Waals surface area contributed by atoms with E-state index in [1.54, 1.807) is 0 Å². The Morgan fingerprint density at radius 1 is 1.12 bits per heavy atom. The normalized spacial score (nSPS) is 16.9. The Labute approximate surface area is 120 Å². The number of aliphatic hydroxyl groups is 5. The summed E-state index contributed by atoms with van der Waals surface area (Å²) in [6.45, 7) is -0.843. The maximum Gasteiger partial charge on any atom is 1.00 e. The molecule has 7 N–H and O–H groups in total. The standard InChI is InChI=1S/C6H12O7.ClHO.Na.H/c7-1-2(8)3(9)4(10)5(11)6(12)13;1-2;;/h2-5,7-11H,1H2,(H,12,13);2H;;/q;;+1;-1/t2-,3-,4+,5-;;;/m1.../s1. The number of hydrogen-bond donors (Lipinski definition) is 7. The zero-order chi connectivity index (χ0) is 12.6. The quantitative estimate of drug-likeness (QED) is 0.243. The van der Waals surface area contributed by atoms with Gasteiger partial charge in [-0.2, -0.15) is 0 Å². The van der Waals surface area contributed by atoms with Gasteiger partial charge in [-0.05, 0) is 0 Å². The summed E-state index contributed by atoms with van der Waals surface area (Å²) >= 11 is 3.64. The zero-order valence-electron chi connectivity index (χ0n) is 9.43. The predicted octanol–water partition coefficient (Wildman–Crippen LogP) is -6.24. The molecule has 0 aliphatic heterocycles. The fourth-order valence-electron chi connectivity index (χ4n) is 0.668. The van der Waals surface area contributed by atoms with E-state index in [2.05, 4.69) is 11.9 Å². The van der Waals surface area contributed by atoms with Crippen LogP contribution >= 0.6 is 11.9 Å². The van der Waals surface area contributed by atoms with Gasteiger partial charge in [0.25, 0.3) is 0 Å². The summed E-state index contributed by atoms with van der Waals surface area (Å²) in [5, 5.41) is 51.8. The molecule has 0 radical (unpaired) electrons. The Bertz CT molecular complexity index is 187. The van der Waals surface area contributed by atoms with Gasteiger partial charge in [0.1, 0.15) is 18.3 Å². The van der Waals surface area contributed by atoms with Crippen molar-refractivity contribution in [2.75, 3.05) is 6.61 Å². The molecule has 94 valence electrons. The molecular weight excluding hydrogens is 259 g/mol. The largest absolute Gasteiger partial charge is 1.00 e. The van der Waals surface area contributed by atoms with Crippen LogP contribution in [0.25, 0.3) is 0 Å². The smallest absolute Gasteiger partial charge is 1.00 e. The summed E-state index contributed by atoms with van der Waals surface area (Å²) in [5.41, 5.74) is 0. The number of carboxylic acid groups (broad SMARTS) is 1. The molecule has 0 bridgehead atoms. The Hall–Kier alpha value is 0.520. The number of rotatable bonds is 5. The van der Waals surface area contributed by atoms with Crippen LogP contribution in [0.5, 0.6) is 0 Å². The van der Waals surface area contributed by atoms with Crippen LogP contribution in [-0.4, -0.2) is 72.3 Å².